The maximum absolute atomic E-state index is 12.9. The SMILES string of the molecule is COc1ccc(C2=N[C@](CC(C)C)(C(=O)Oc3ccccc3)C(=O)O2)cc1. The first-order chi connectivity index (χ1) is 12.9. The fourth-order valence-corrected chi connectivity index (χ4v) is 2.88. The van der Waals surface area contributed by atoms with E-state index < -0.39 is 17.5 Å². The lowest BCUT2D eigenvalue weighted by atomic mass is 9.90. The summed E-state index contributed by atoms with van der Waals surface area (Å²) in [5, 5.41) is 0. The van der Waals surface area contributed by atoms with E-state index in [0.717, 1.165) is 0 Å². The number of hydrogen-bond donors (Lipinski definition) is 0. The molecule has 1 atom stereocenters. The summed E-state index contributed by atoms with van der Waals surface area (Å²) in [6, 6.07) is 15.5. The highest BCUT2D eigenvalue weighted by Gasteiger charge is 2.54. The fourth-order valence-electron chi connectivity index (χ4n) is 2.88. The molecule has 6 nitrogen and oxygen atoms in total. The van der Waals surface area contributed by atoms with Crippen molar-refractivity contribution >= 4 is 17.8 Å². The monoisotopic (exact) mass is 367 g/mol. The lowest BCUT2D eigenvalue weighted by Crippen LogP contribution is -2.46. The maximum atomic E-state index is 12.9. The minimum Gasteiger partial charge on any atom is -0.497 e. The van der Waals surface area contributed by atoms with Crippen molar-refractivity contribution in [1.82, 2.24) is 0 Å². The zero-order chi connectivity index (χ0) is 19.4. The molecule has 140 valence electrons. The van der Waals surface area contributed by atoms with Crippen LogP contribution in [0.3, 0.4) is 0 Å². The Kier molecular flexibility index (Phi) is 5.26. The van der Waals surface area contributed by atoms with Gasteiger partial charge in [-0.3, -0.25) is 0 Å². The number of carbonyl (C=O) groups excluding carboxylic acids is 2. The van der Waals surface area contributed by atoms with E-state index in [0.29, 0.717) is 17.1 Å². The molecule has 0 bridgehead atoms. The van der Waals surface area contributed by atoms with Gasteiger partial charge in [-0.25, -0.2) is 14.6 Å². The first-order valence-corrected chi connectivity index (χ1v) is 8.68. The van der Waals surface area contributed by atoms with Crippen molar-refractivity contribution in [2.24, 2.45) is 10.9 Å². The fraction of sp³-hybridized carbons (Fsp3) is 0.286. The Balaban J connectivity index is 1.95. The molecule has 2 aromatic carbocycles. The predicted molar refractivity (Wildman–Crippen MR) is 99.9 cm³/mol. The molecule has 0 radical (unpaired) electrons. The number of benzene rings is 2. The molecule has 6 heteroatoms. The molecule has 27 heavy (non-hydrogen) atoms. The Morgan fingerprint density at radius 3 is 2.33 bits per heavy atom. The van der Waals surface area contributed by atoms with E-state index in [1.807, 2.05) is 19.9 Å². The Hall–Kier alpha value is -3.15. The number of esters is 2. The standard InChI is InChI=1S/C21H21NO5/c1-14(2)13-21(19(23)26-17-7-5-4-6-8-17)20(24)27-18(22-21)15-9-11-16(25-3)12-10-15/h4-12,14H,13H2,1-3H3/t21-/m1/s1. The second-order valence-electron chi connectivity index (χ2n) is 6.70. The number of methoxy groups -OCH3 is 1. The Bertz CT molecular complexity index is 858. The molecule has 0 aliphatic carbocycles. The van der Waals surface area contributed by atoms with E-state index in [2.05, 4.69) is 4.99 Å². The Morgan fingerprint density at radius 2 is 1.74 bits per heavy atom. The van der Waals surface area contributed by atoms with E-state index in [1.165, 1.54) is 0 Å². The largest absolute Gasteiger partial charge is 0.497 e. The summed E-state index contributed by atoms with van der Waals surface area (Å²) >= 11 is 0. The van der Waals surface area contributed by atoms with E-state index >= 15 is 0 Å². The van der Waals surface area contributed by atoms with Crippen LogP contribution in [0.2, 0.25) is 0 Å². The van der Waals surface area contributed by atoms with Crippen LogP contribution in [0.1, 0.15) is 25.8 Å². The second-order valence-corrected chi connectivity index (χ2v) is 6.70. The molecule has 0 saturated heterocycles. The highest BCUT2D eigenvalue weighted by atomic mass is 16.6. The van der Waals surface area contributed by atoms with Crippen LogP contribution in [0.4, 0.5) is 0 Å². The first kappa shape index (κ1) is 18.6. The summed E-state index contributed by atoms with van der Waals surface area (Å²) in [5.41, 5.74) is -1.12. The minimum atomic E-state index is -1.71. The van der Waals surface area contributed by atoms with Crippen molar-refractivity contribution in [2.75, 3.05) is 7.11 Å². The van der Waals surface area contributed by atoms with Crippen molar-refractivity contribution in [3.63, 3.8) is 0 Å². The number of rotatable bonds is 6. The number of ether oxygens (including phenoxy) is 3. The van der Waals surface area contributed by atoms with Crippen LogP contribution in [0.5, 0.6) is 11.5 Å². The zero-order valence-corrected chi connectivity index (χ0v) is 15.5. The zero-order valence-electron chi connectivity index (χ0n) is 15.5. The third-order valence-electron chi connectivity index (χ3n) is 4.15. The predicted octanol–water partition coefficient (Wildman–Crippen LogP) is 3.39. The topological polar surface area (TPSA) is 74.2 Å². The summed E-state index contributed by atoms with van der Waals surface area (Å²) in [5.74, 6) is -0.306. The van der Waals surface area contributed by atoms with Gasteiger partial charge in [0.15, 0.2) is 0 Å². The molecule has 0 aromatic heterocycles. The van der Waals surface area contributed by atoms with Gasteiger partial charge < -0.3 is 14.2 Å². The van der Waals surface area contributed by atoms with Gasteiger partial charge in [0.05, 0.1) is 7.11 Å². The lowest BCUT2D eigenvalue weighted by Gasteiger charge is -2.21. The van der Waals surface area contributed by atoms with Crippen molar-refractivity contribution in [2.45, 2.75) is 25.8 Å². The second kappa shape index (κ2) is 7.61. The average Bonchev–Trinajstić information content (AvgIpc) is 2.99. The molecule has 0 spiro atoms. The molecule has 1 aliphatic heterocycles. The molecular weight excluding hydrogens is 346 g/mol. The van der Waals surface area contributed by atoms with Crippen molar-refractivity contribution in [3.05, 3.63) is 60.2 Å². The molecule has 2 aromatic rings. The van der Waals surface area contributed by atoms with E-state index in [9.17, 15) is 9.59 Å². The molecule has 0 N–H and O–H groups in total. The third kappa shape index (κ3) is 3.84. The molecule has 0 amide bonds. The summed E-state index contributed by atoms with van der Waals surface area (Å²) in [4.78, 5) is 30.0. The van der Waals surface area contributed by atoms with Crippen molar-refractivity contribution < 1.29 is 23.8 Å². The summed E-state index contributed by atoms with van der Waals surface area (Å²) in [7, 11) is 1.56. The van der Waals surface area contributed by atoms with Gasteiger partial charge in [0.25, 0.3) is 5.54 Å². The van der Waals surface area contributed by atoms with E-state index in [4.69, 9.17) is 14.2 Å². The first-order valence-electron chi connectivity index (χ1n) is 8.68. The van der Waals surface area contributed by atoms with Gasteiger partial charge in [-0.2, -0.15) is 0 Å². The third-order valence-corrected chi connectivity index (χ3v) is 4.15. The minimum absolute atomic E-state index is 0.0276. The molecule has 0 fully saturated rings. The van der Waals surface area contributed by atoms with Crippen molar-refractivity contribution in [1.29, 1.82) is 0 Å². The van der Waals surface area contributed by atoms with Gasteiger partial charge in [0, 0.05) is 5.56 Å². The number of hydrogen-bond acceptors (Lipinski definition) is 6. The molecule has 0 saturated carbocycles. The van der Waals surface area contributed by atoms with Crippen molar-refractivity contribution in [3.8, 4) is 11.5 Å². The molecule has 0 unspecified atom stereocenters. The van der Waals surface area contributed by atoms with E-state index in [1.54, 1.807) is 55.6 Å². The average molecular weight is 367 g/mol. The number of aliphatic imine (C=N–C) groups is 1. The van der Waals surface area contributed by atoms with Crippen LogP contribution >= 0.6 is 0 Å². The smallest absolute Gasteiger partial charge is 0.352 e. The van der Waals surface area contributed by atoms with Gasteiger partial charge in [-0.15, -0.1) is 0 Å². The molecular formula is C21H21NO5. The maximum Gasteiger partial charge on any atom is 0.352 e. The Morgan fingerprint density at radius 1 is 1.07 bits per heavy atom. The number of para-hydroxylation sites is 1. The summed E-state index contributed by atoms with van der Waals surface area (Å²) in [6.07, 6.45) is 0.192. The van der Waals surface area contributed by atoms with Gasteiger partial charge in [-0.05, 0) is 48.7 Å². The number of carbonyl (C=O) groups is 2. The van der Waals surface area contributed by atoms with Crippen LogP contribution in [0, 0.1) is 5.92 Å². The lowest BCUT2D eigenvalue weighted by molar-refractivity contribution is -0.152. The summed E-state index contributed by atoms with van der Waals surface area (Å²) < 4.78 is 15.9. The van der Waals surface area contributed by atoms with Crippen LogP contribution < -0.4 is 9.47 Å². The highest BCUT2D eigenvalue weighted by Crippen LogP contribution is 2.32. The van der Waals surface area contributed by atoms with E-state index in [-0.39, 0.29) is 18.2 Å². The van der Waals surface area contributed by atoms with Crippen LogP contribution in [0.15, 0.2) is 59.6 Å². The van der Waals surface area contributed by atoms with Gasteiger partial charge >= 0.3 is 11.9 Å². The van der Waals surface area contributed by atoms with Crippen LogP contribution in [-0.4, -0.2) is 30.5 Å². The number of cyclic esters (lactones) is 1. The highest BCUT2D eigenvalue weighted by molar-refractivity contribution is 6.17. The summed E-state index contributed by atoms with van der Waals surface area (Å²) in [6.45, 7) is 3.82. The molecule has 3 rings (SSSR count). The number of nitrogens with zero attached hydrogens (tertiary/aromatic N) is 1. The molecule has 1 aliphatic rings. The van der Waals surface area contributed by atoms with Gasteiger partial charge in [-0.1, -0.05) is 32.0 Å². The Labute approximate surface area is 157 Å². The normalized spacial score (nSPS) is 18.8. The molecule has 1 heterocycles. The van der Waals surface area contributed by atoms with Gasteiger partial charge in [0.1, 0.15) is 11.5 Å². The van der Waals surface area contributed by atoms with Crippen LogP contribution in [-0.2, 0) is 14.3 Å². The quantitative estimate of drug-likeness (QED) is 0.444. The van der Waals surface area contributed by atoms with Crippen LogP contribution in [0.25, 0.3) is 0 Å². The van der Waals surface area contributed by atoms with Gasteiger partial charge in [0.2, 0.25) is 5.90 Å².